The number of hydrogen-bond donors (Lipinski definition) is 2. The first kappa shape index (κ1) is 20.7. The molecule has 0 fully saturated rings. The highest BCUT2D eigenvalue weighted by molar-refractivity contribution is 7.12. The molecule has 8 nitrogen and oxygen atoms in total. The van der Waals surface area contributed by atoms with E-state index in [-0.39, 0.29) is 24.1 Å². The lowest BCUT2D eigenvalue weighted by atomic mass is 10.2. The molecular formula is C20H22N4O4S. The normalized spacial score (nSPS) is 11.2. The Balaban J connectivity index is 1.74. The summed E-state index contributed by atoms with van der Waals surface area (Å²) in [6.45, 7) is 4.29. The SMILES string of the molecule is COC(=O)c1sccc1NC(=O)CN(Cc1nc2ccccc2c(=O)[nH]1)C(C)C. The summed E-state index contributed by atoms with van der Waals surface area (Å²) in [5.74, 6) is -0.277. The van der Waals surface area contributed by atoms with E-state index in [1.54, 1.807) is 29.6 Å². The minimum atomic E-state index is -0.492. The number of carbonyl (C=O) groups is 2. The van der Waals surface area contributed by atoms with Gasteiger partial charge in [0.25, 0.3) is 5.56 Å². The van der Waals surface area contributed by atoms with Crippen LogP contribution < -0.4 is 10.9 Å². The number of carbonyl (C=O) groups excluding carboxylic acids is 2. The number of nitrogens with zero attached hydrogens (tertiary/aromatic N) is 2. The number of H-pyrrole nitrogens is 1. The number of benzene rings is 1. The van der Waals surface area contributed by atoms with Gasteiger partial charge >= 0.3 is 5.97 Å². The van der Waals surface area contributed by atoms with Gasteiger partial charge in [-0.15, -0.1) is 11.3 Å². The third-order valence-electron chi connectivity index (χ3n) is 4.40. The molecule has 0 unspecified atom stereocenters. The van der Waals surface area contributed by atoms with Crippen LogP contribution in [0.25, 0.3) is 10.9 Å². The topological polar surface area (TPSA) is 104 Å². The molecule has 3 rings (SSSR count). The van der Waals surface area contributed by atoms with Crippen molar-refractivity contribution in [1.29, 1.82) is 0 Å². The van der Waals surface area contributed by atoms with Crippen LogP contribution in [0.4, 0.5) is 5.69 Å². The Morgan fingerprint density at radius 2 is 2.03 bits per heavy atom. The lowest BCUT2D eigenvalue weighted by Crippen LogP contribution is -2.38. The Morgan fingerprint density at radius 3 is 2.76 bits per heavy atom. The molecule has 1 amide bonds. The number of ether oxygens (including phenoxy) is 1. The first-order valence-corrected chi connectivity index (χ1v) is 9.94. The lowest BCUT2D eigenvalue weighted by Gasteiger charge is -2.25. The van der Waals surface area contributed by atoms with Crippen molar-refractivity contribution in [3.8, 4) is 0 Å². The molecule has 0 radical (unpaired) electrons. The van der Waals surface area contributed by atoms with E-state index in [0.717, 1.165) is 0 Å². The van der Waals surface area contributed by atoms with E-state index in [9.17, 15) is 14.4 Å². The number of para-hydroxylation sites is 1. The molecule has 0 spiro atoms. The molecule has 1 aromatic carbocycles. The Kier molecular flexibility index (Phi) is 6.40. The fourth-order valence-corrected chi connectivity index (χ4v) is 3.62. The van der Waals surface area contributed by atoms with Crippen LogP contribution in [0.1, 0.15) is 29.3 Å². The largest absolute Gasteiger partial charge is 0.465 e. The Morgan fingerprint density at radius 1 is 1.28 bits per heavy atom. The number of aromatic nitrogens is 2. The molecule has 0 aliphatic rings. The van der Waals surface area contributed by atoms with E-state index in [0.29, 0.717) is 33.8 Å². The molecule has 0 saturated heterocycles. The van der Waals surface area contributed by atoms with Crippen molar-refractivity contribution in [1.82, 2.24) is 14.9 Å². The van der Waals surface area contributed by atoms with Gasteiger partial charge in [0.2, 0.25) is 5.91 Å². The summed E-state index contributed by atoms with van der Waals surface area (Å²) in [5.41, 5.74) is 0.827. The number of fused-ring (bicyclic) bond motifs is 1. The molecule has 0 aliphatic carbocycles. The predicted molar refractivity (Wildman–Crippen MR) is 112 cm³/mol. The van der Waals surface area contributed by atoms with Crippen molar-refractivity contribution in [2.75, 3.05) is 19.0 Å². The number of methoxy groups -OCH3 is 1. The molecule has 2 N–H and O–H groups in total. The molecule has 152 valence electrons. The van der Waals surface area contributed by atoms with Crippen molar-refractivity contribution in [2.24, 2.45) is 0 Å². The Bertz CT molecular complexity index is 1090. The van der Waals surface area contributed by atoms with Crippen LogP contribution in [-0.2, 0) is 16.1 Å². The molecule has 9 heteroatoms. The maximum atomic E-state index is 12.6. The van der Waals surface area contributed by atoms with Gasteiger partial charge in [-0.1, -0.05) is 12.1 Å². The quantitative estimate of drug-likeness (QED) is 0.576. The number of aromatic amines is 1. The molecule has 0 atom stereocenters. The summed E-state index contributed by atoms with van der Waals surface area (Å²) >= 11 is 1.20. The van der Waals surface area contributed by atoms with E-state index in [4.69, 9.17) is 4.74 Å². The van der Waals surface area contributed by atoms with Gasteiger partial charge in [0, 0.05) is 6.04 Å². The second kappa shape index (κ2) is 8.97. The number of hydrogen-bond acceptors (Lipinski definition) is 7. The zero-order valence-corrected chi connectivity index (χ0v) is 17.2. The van der Waals surface area contributed by atoms with Crippen molar-refractivity contribution in [3.05, 3.63) is 56.8 Å². The van der Waals surface area contributed by atoms with Crippen LogP contribution in [0, 0.1) is 0 Å². The Labute approximate surface area is 171 Å². The summed E-state index contributed by atoms with van der Waals surface area (Å²) < 4.78 is 4.73. The molecule has 29 heavy (non-hydrogen) atoms. The zero-order valence-electron chi connectivity index (χ0n) is 16.4. The van der Waals surface area contributed by atoms with E-state index >= 15 is 0 Å². The summed E-state index contributed by atoms with van der Waals surface area (Å²) in [6, 6.07) is 8.81. The van der Waals surface area contributed by atoms with Crippen LogP contribution in [0.2, 0.25) is 0 Å². The molecule has 0 bridgehead atoms. The second-order valence-corrected chi connectivity index (χ2v) is 7.65. The average molecular weight is 414 g/mol. The van der Waals surface area contributed by atoms with Crippen molar-refractivity contribution < 1.29 is 14.3 Å². The maximum absolute atomic E-state index is 12.6. The monoisotopic (exact) mass is 414 g/mol. The minimum Gasteiger partial charge on any atom is -0.465 e. The smallest absolute Gasteiger partial charge is 0.350 e. The highest BCUT2D eigenvalue weighted by atomic mass is 32.1. The highest BCUT2D eigenvalue weighted by Gasteiger charge is 2.19. The third kappa shape index (κ3) is 4.87. The van der Waals surface area contributed by atoms with Gasteiger partial charge in [-0.2, -0.15) is 0 Å². The number of rotatable bonds is 7. The van der Waals surface area contributed by atoms with Gasteiger partial charge in [0.1, 0.15) is 10.7 Å². The summed E-state index contributed by atoms with van der Waals surface area (Å²) in [6.07, 6.45) is 0. The van der Waals surface area contributed by atoms with Crippen LogP contribution >= 0.6 is 11.3 Å². The van der Waals surface area contributed by atoms with Crippen molar-refractivity contribution >= 4 is 39.8 Å². The molecule has 0 saturated carbocycles. The molecule has 0 aliphatic heterocycles. The zero-order chi connectivity index (χ0) is 21.0. The summed E-state index contributed by atoms with van der Waals surface area (Å²) in [5, 5.41) is 4.99. The van der Waals surface area contributed by atoms with Crippen LogP contribution in [0.3, 0.4) is 0 Å². The molecular weight excluding hydrogens is 392 g/mol. The standard InChI is InChI=1S/C20H22N4O4S/c1-12(2)24(10-16-21-14-7-5-4-6-13(14)19(26)23-16)11-17(25)22-15-8-9-29-18(15)20(27)28-3/h4-9,12H,10-11H2,1-3H3,(H,22,25)(H,21,23,26). The maximum Gasteiger partial charge on any atom is 0.350 e. The fourth-order valence-electron chi connectivity index (χ4n) is 2.86. The first-order chi connectivity index (χ1) is 13.9. The summed E-state index contributed by atoms with van der Waals surface area (Å²) in [4.78, 5) is 46.1. The van der Waals surface area contributed by atoms with Crippen LogP contribution in [0.15, 0.2) is 40.5 Å². The van der Waals surface area contributed by atoms with Crippen molar-refractivity contribution in [3.63, 3.8) is 0 Å². The van der Waals surface area contributed by atoms with Gasteiger partial charge in [-0.05, 0) is 37.4 Å². The van der Waals surface area contributed by atoms with Gasteiger partial charge in [0.15, 0.2) is 0 Å². The van der Waals surface area contributed by atoms with Gasteiger partial charge < -0.3 is 15.0 Å². The average Bonchev–Trinajstić information content (AvgIpc) is 3.14. The van der Waals surface area contributed by atoms with E-state index < -0.39 is 5.97 Å². The predicted octanol–water partition coefficient (Wildman–Crippen LogP) is 2.62. The number of esters is 1. The minimum absolute atomic E-state index is 0.0278. The fraction of sp³-hybridized carbons (Fsp3) is 0.300. The van der Waals surface area contributed by atoms with E-state index in [1.807, 2.05) is 24.8 Å². The van der Waals surface area contributed by atoms with E-state index in [2.05, 4.69) is 15.3 Å². The van der Waals surface area contributed by atoms with Crippen LogP contribution in [-0.4, -0.2) is 46.4 Å². The number of nitrogens with one attached hydrogen (secondary N) is 2. The molecule has 3 aromatic rings. The van der Waals surface area contributed by atoms with Gasteiger partial charge in [-0.25, -0.2) is 9.78 Å². The lowest BCUT2D eigenvalue weighted by molar-refractivity contribution is -0.117. The van der Waals surface area contributed by atoms with Gasteiger partial charge in [-0.3, -0.25) is 14.5 Å². The molecule has 2 heterocycles. The third-order valence-corrected chi connectivity index (χ3v) is 5.30. The van der Waals surface area contributed by atoms with E-state index in [1.165, 1.54) is 18.4 Å². The number of anilines is 1. The summed E-state index contributed by atoms with van der Waals surface area (Å²) in [7, 11) is 1.30. The number of amides is 1. The molecule has 2 aromatic heterocycles. The van der Waals surface area contributed by atoms with Crippen LogP contribution in [0.5, 0.6) is 0 Å². The number of thiophene rings is 1. The second-order valence-electron chi connectivity index (χ2n) is 6.73. The first-order valence-electron chi connectivity index (χ1n) is 9.06. The van der Waals surface area contributed by atoms with Crippen molar-refractivity contribution in [2.45, 2.75) is 26.4 Å². The van der Waals surface area contributed by atoms with Gasteiger partial charge in [0.05, 0.1) is 36.8 Å². The Hall–Kier alpha value is -3.04. The highest BCUT2D eigenvalue weighted by Crippen LogP contribution is 2.23.